The van der Waals surface area contributed by atoms with E-state index in [1.807, 2.05) is 54.8 Å². The first-order valence-electron chi connectivity index (χ1n) is 8.35. The molecule has 1 N–H and O–H groups in total. The lowest BCUT2D eigenvalue weighted by molar-refractivity contribution is 0.861. The van der Waals surface area contributed by atoms with Gasteiger partial charge in [-0.25, -0.2) is 4.98 Å². The molecule has 2 aromatic heterocycles. The Morgan fingerprint density at radius 3 is 2.85 bits per heavy atom. The quantitative estimate of drug-likeness (QED) is 0.519. The molecule has 0 aliphatic carbocycles. The molecule has 1 unspecified atom stereocenters. The largest absolute Gasteiger partial charge is 0.309 e. The molecule has 136 valence electrons. The van der Waals surface area contributed by atoms with E-state index in [0.29, 0.717) is 26.9 Å². The predicted octanol–water partition coefficient (Wildman–Crippen LogP) is 4.32. The molecule has 1 atom stereocenters. The number of thioether (sulfide) groups is 1. The summed E-state index contributed by atoms with van der Waals surface area (Å²) in [6.07, 6.45) is 1.65. The molecule has 0 aliphatic heterocycles. The van der Waals surface area contributed by atoms with Crippen LogP contribution in [0.1, 0.15) is 23.6 Å². The number of rotatable bonds is 4. The number of aryl methyl sites for hydroxylation is 1. The van der Waals surface area contributed by atoms with E-state index >= 15 is 0 Å². The second-order valence-corrected chi connectivity index (χ2v) is 7.86. The summed E-state index contributed by atoms with van der Waals surface area (Å²) in [7, 11) is 0. The molecule has 2 heterocycles. The predicted molar refractivity (Wildman–Crippen MR) is 108 cm³/mol. The number of fused-ring (bicyclic) bond motifs is 1. The number of para-hydroxylation sites is 1. The number of benzene rings is 2. The summed E-state index contributed by atoms with van der Waals surface area (Å²) in [5.74, 6) is 0.597. The molecule has 0 spiro atoms. The highest BCUT2D eigenvalue weighted by Crippen LogP contribution is 2.33. The fourth-order valence-electron chi connectivity index (χ4n) is 2.72. The standard InChI is InChI=1S/C19H16ClN5OS/c1-11-7-8-13(9-15(11)20)25-10-21-24-19(25)27-12(2)17-22-16-6-4-3-5-14(16)18(26)23-17/h3-10,12H,1-2H3,(H,22,23,26). The number of aromatic nitrogens is 5. The van der Waals surface area contributed by atoms with Crippen LogP contribution in [0.3, 0.4) is 0 Å². The Kier molecular flexibility index (Phi) is 4.72. The molecule has 0 fully saturated rings. The van der Waals surface area contributed by atoms with E-state index in [2.05, 4.69) is 20.2 Å². The maximum atomic E-state index is 12.3. The van der Waals surface area contributed by atoms with E-state index in [-0.39, 0.29) is 10.8 Å². The smallest absolute Gasteiger partial charge is 0.258 e. The van der Waals surface area contributed by atoms with Gasteiger partial charge in [0.15, 0.2) is 5.16 Å². The Hall–Kier alpha value is -2.64. The maximum absolute atomic E-state index is 12.3. The van der Waals surface area contributed by atoms with Crippen LogP contribution in [0.5, 0.6) is 0 Å². The second-order valence-electron chi connectivity index (χ2n) is 6.15. The second kappa shape index (κ2) is 7.17. The minimum absolute atomic E-state index is 0.119. The zero-order valence-electron chi connectivity index (χ0n) is 14.7. The van der Waals surface area contributed by atoms with Crippen LogP contribution >= 0.6 is 23.4 Å². The van der Waals surface area contributed by atoms with Crippen molar-refractivity contribution in [2.24, 2.45) is 0 Å². The summed E-state index contributed by atoms with van der Waals surface area (Å²) in [6, 6.07) is 13.1. The van der Waals surface area contributed by atoms with Gasteiger partial charge in [-0.3, -0.25) is 9.36 Å². The van der Waals surface area contributed by atoms with Gasteiger partial charge >= 0.3 is 0 Å². The van der Waals surface area contributed by atoms with Crippen LogP contribution in [-0.2, 0) is 0 Å². The molecule has 8 heteroatoms. The van der Waals surface area contributed by atoms with Gasteiger partial charge in [-0.2, -0.15) is 0 Å². The molecule has 0 amide bonds. The van der Waals surface area contributed by atoms with Gasteiger partial charge < -0.3 is 4.98 Å². The first kappa shape index (κ1) is 17.8. The third kappa shape index (κ3) is 3.48. The van der Waals surface area contributed by atoms with E-state index in [0.717, 1.165) is 11.3 Å². The zero-order valence-corrected chi connectivity index (χ0v) is 16.3. The molecule has 0 saturated carbocycles. The molecule has 4 aromatic rings. The lowest BCUT2D eigenvalue weighted by Crippen LogP contribution is -2.13. The first-order chi connectivity index (χ1) is 13.0. The summed E-state index contributed by atoms with van der Waals surface area (Å²) < 4.78 is 1.87. The fraction of sp³-hybridized carbons (Fsp3) is 0.158. The van der Waals surface area contributed by atoms with Crippen molar-refractivity contribution in [1.29, 1.82) is 0 Å². The van der Waals surface area contributed by atoms with Gasteiger partial charge in [0.2, 0.25) is 0 Å². The minimum Gasteiger partial charge on any atom is -0.309 e. The Morgan fingerprint density at radius 2 is 2.04 bits per heavy atom. The number of nitrogens with one attached hydrogen (secondary N) is 1. The summed E-state index contributed by atoms with van der Waals surface area (Å²) in [5.41, 5.74) is 2.42. The molecule has 0 saturated heterocycles. The minimum atomic E-state index is -0.144. The monoisotopic (exact) mass is 397 g/mol. The van der Waals surface area contributed by atoms with E-state index in [4.69, 9.17) is 11.6 Å². The van der Waals surface area contributed by atoms with E-state index in [1.165, 1.54) is 11.8 Å². The Morgan fingerprint density at radius 1 is 1.22 bits per heavy atom. The molecule has 6 nitrogen and oxygen atoms in total. The van der Waals surface area contributed by atoms with Crippen LogP contribution in [0.15, 0.2) is 58.7 Å². The van der Waals surface area contributed by atoms with Gasteiger partial charge in [0.25, 0.3) is 5.56 Å². The zero-order chi connectivity index (χ0) is 19.0. The number of hydrogen-bond donors (Lipinski definition) is 1. The molecule has 27 heavy (non-hydrogen) atoms. The molecule has 0 bridgehead atoms. The molecule has 4 rings (SSSR count). The Labute approximate surface area is 164 Å². The van der Waals surface area contributed by atoms with Crippen molar-refractivity contribution in [1.82, 2.24) is 24.7 Å². The summed E-state index contributed by atoms with van der Waals surface area (Å²) in [4.78, 5) is 19.8. The first-order valence-corrected chi connectivity index (χ1v) is 9.61. The van der Waals surface area contributed by atoms with Crippen molar-refractivity contribution >= 4 is 34.3 Å². The Bertz CT molecular complexity index is 1190. The van der Waals surface area contributed by atoms with E-state index < -0.39 is 0 Å². The van der Waals surface area contributed by atoms with Crippen LogP contribution in [0.4, 0.5) is 0 Å². The van der Waals surface area contributed by atoms with E-state index in [1.54, 1.807) is 12.4 Å². The topological polar surface area (TPSA) is 76.5 Å². The molecule has 2 aromatic carbocycles. The van der Waals surface area contributed by atoms with Crippen LogP contribution in [0.2, 0.25) is 5.02 Å². The van der Waals surface area contributed by atoms with Crippen molar-refractivity contribution in [3.8, 4) is 5.69 Å². The fourth-order valence-corrected chi connectivity index (χ4v) is 3.80. The molecular weight excluding hydrogens is 382 g/mol. The van der Waals surface area contributed by atoms with Crippen LogP contribution in [0, 0.1) is 6.92 Å². The van der Waals surface area contributed by atoms with Crippen molar-refractivity contribution in [2.75, 3.05) is 0 Å². The van der Waals surface area contributed by atoms with Crippen LogP contribution < -0.4 is 5.56 Å². The third-order valence-electron chi connectivity index (χ3n) is 4.25. The number of hydrogen-bond acceptors (Lipinski definition) is 5. The summed E-state index contributed by atoms with van der Waals surface area (Å²) >= 11 is 7.71. The molecular formula is C19H16ClN5OS. The van der Waals surface area contributed by atoms with E-state index in [9.17, 15) is 4.79 Å². The number of halogens is 1. The summed E-state index contributed by atoms with van der Waals surface area (Å²) in [6.45, 7) is 3.93. The van der Waals surface area contributed by atoms with Crippen LogP contribution in [0.25, 0.3) is 16.6 Å². The van der Waals surface area contributed by atoms with Gasteiger partial charge in [-0.15, -0.1) is 10.2 Å². The highest BCUT2D eigenvalue weighted by atomic mass is 35.5. The lowest BCUT2D eigenvalue weighted by Gasteiger charge is -2.12. The average Bonchev–Trinajstić information content (AvgIpc) is 3.12. The number of nitrogens with zero attached hydrogens (tertiary/aromatic N) is 4. The van der Waals surface area contributed by atoms with Gasteiger partial charge in [-0.1, -0.05) is 41.6 Å². The van der Waals surface area contributed by atoms with Crippen LogP contribution in [-0.4, -0.2) is 24.7 Å². The normalized spacial score (nSPS) is 12.4. The number of aromatic amines is 1. The third-order valence-corrected chi connectivity index (χ3v) is 5.72. The van der Waals surface area contributed by atoms with Gasteiger partial charge in [0.05, 0.1) is 21.8 Å². The SMILES string of the molecule is Cc1ccc(-n2cnnc2SC(C)c2nc3ccccc3c(=O)[nH]2)cc1Cl. The maximum Gasteiger partial charge on any atom is 0.258 e. The number of H-pyrrole nitrogens is 1. The highest BCUT2D eigenvalue weighted by Gasteiger charge is 2.17. The average molecular weight is 398 g/mol. The van der Waals surface area contributed by atoms with Crippen molar-refractivity contribution in [3.05, 3.63) is 75.6 Å². The highest BCUT2D eigenvalue weighted by molar-refractivity contribution is 7.99. The lowest BCUT2D eigenvalue weighted by atomic mass is 10.2. The van der Waals surface area contributed by atoms with Gasteiger partial charge in [0, 0.05) is 5.02 Å². The van der Waals surface area contributed by atoms with Gasteiger partial charge in [0.1, 0.15) is 12.2 Å². The van der Waals surface area contributed by atoms with Crippen molar-refractivity contribution in [3.63, 3.8) is 0 Å². The molecule has 0 radical (unpaired) electrons. The summed E-state index contributed by atoms with van der Waals surface area (Å²) in [5, 5.41) is 10.1. The van der Waals surface area contributed by atoms with Gasteiger partial charge in [-0.05, 0) is 43.7 Å². The molecule has 0 aliphatic rings. The Balaban J connectivity index is 1.66. The van der Waals surface area contributed by atoms with Crippen molar-refractivity contribution < 1.29 is 0 Å². The van der Waals surface area contributed by atoms with Crippen molar-refractivity contribution in [2.45, 2.75) is 24.3 Å².